The first kappa shape index (κ1) is 19.9. The fourth-order valence-electron chi connectivity index (χ4n) is 2.74. The molecule has 1 heterocycles. The Morgan fingerprint density at radius 2 is 1.71 bits per heavy atom. The molecule has 28 heavy (non-hydrogen) atoms. The molecule has 1 aromatic heterocycles. The number of aryl methyl sites for hydroxylation is 2. The molecule has 0 aliphatic carbocycles. The van der Waals surface area contributed by atoms with Crippen LogP contribution in [-0.4, -0.2) is 29.3 Å². The van der Waals surface area contributed by atoms with Gasteiger partial charge in [-0.25, -0.2) is 9.78 Å². The third-order valence-corrected chi connectivity index (χ3v) is 5.39. The van der Waals surface area contributed by atoms with E-state index in [4.69, 9.17) is 9.47 Å². The summed E-state index contributed by atoms with van der Waals surface area (Å²) in [5.41, 5.74) is 2.74. The quantitative estimate of drug-likeness (QED) is 0.509. The van der Waals surface area contributed by atoms with Crippen LogP contribution in [-0.2, 0) is 12.8 Å². The minimum Gasteiger partial charge on any atom is -0.490 e. The summed E-state index contributed by atoms with van der Waals surface area (Å²) in [6, 6.07) is 15.6. The molecule has 1 N–H and O–H groups in total. The summed E-state index contributed by atoms with van der Waals surface area (Å²) in [7, 11) is 0. The summed E-state index contributed by atoms with van der Waals surface area (Å²) in [6.07, 6.45) is 1.59. The van der Waals surface area contributed by atoms with Gasteiger partial charge in [0.25, 0.3) is 0 Å². The van der Waals surface area contributed by atoms with Gasteiger partial charge in [0.15, 0.2) is 0 Å². The zero-order valence-electron chi connectivity index (χ0n) is 16.0. The molecule has 3 aromatic rings. The topological polar surface area (TPSA) is 68.7 Å². The van der Waals surface area contributed by atoms with Crippen molar-refractivity contribution in [3.8, 4) is 22.1 Å². The Morgan fingerprint density at radius 1 is 1.00 bits per heavy atom. The Kier molecular flexibility index (Phi) is 6.66. The number of hydrogen-bond donors (Lipinski definition) is 1. The van der Waals surface area contributed by atoms with Crippen molar-refractivity contribution in [1.82, 2.24) is 4.98 Å². The molecule has 0 radical (unpaired) electrons. The Labute approximate surface area is 168 Å². The van der Waals surface area contributed by atoms with Crippen LogP contribution in [0.25, 0.3) is 10.6 Å². The third kappa shape index (κ3) is 4.89. The van der Waals surface area contributed by atoms with E-state index in [1.165, 1.54) is 16.9 Å². The lowest BCUT2D eigenvalue weighted by molar-refractivity contribution is 0.0701. The van der Waals surface area contributed by atoms with E-state index >= 15 is 0 Å². The SMILES string of the molecule is CCc1ccc(OCCOc2cccc(-c3nc(CC)c(C(=O)O)s3)c2)cc1. The maximum Gasteiger partial charge on any atom is 0.347 e. The lowest BCUT2D eigenvalue weighted by Crippen LogP contribution is -2.09. The summed E-state index contributed by atoms with van der Waals surface area (Å²) in [5.74, 6) is 0.593. The summed E-state index contributed by atoms with van der Waals surface area (Å²) in [5, 5.41) is 10.00. The summed E-state index contributed by atoms with van der Waals surface area (Å²) in [4.78, 5) is 16.1. The lowest BCUT2D eigenvalue weighted by Gasteiger charge is -2.09. The van der Waals surface area contributed by atoms with E-state index in [1.807, 2.05) is 43.3 Å². The van der Waals surface area contributed by atoms with Gasteiger partial charge >= 0.3 is 5.97 Å². The number of thiazole rings is 1. The molecule has 0 unspecified atom stereocenters. The first-order valence-corrected chi connectivity index (χ1v) is 10.1. The van der Waals surface area contributed by atoms with Crippen LogP contribution in [0.2, 0.25) is 0 Å². The van der Waals surface area contributed by atoms with Gasteiger partial charge in [-0.2, -0.15) is 0 Å². The molecular formula is C22H23NO4S. The highest BCUT2D eigenvalue weighted by Gasteiger charge is 2.17. The maximum atomic E-state index is 11.4. The van der Waals surface area contributed by atoms with E-state index in [2.05, 4.69) is 24.0 Å². The van der Waals surface area contributed by atoms with E-state index in [9.17, 15) is 9.90 Å². The summed E-state index contributed by atoms with van der Waals surface area (Å²) >= 11 is 1.19. The van der Waals surface area contributed by atoms with Crippen LogP contribution in [0.15, 0.2) is 48.5 Å². The number of aromatic carboxylic acids is 1. The van der Waals surface area contributed by atoms with Crippen LogP contribution in [0.5, 0.6) is 11.5 Å². The zero-order valence-corrected chi connectivity index (χ0v) is 16.8. The van der Waals surface area contributed by atoms with Crippen molar-refractivity contribution in [2.75, 3.05) is 13.2 Å². The minimum atomic E-state index is -0.933. The molecule has 0 bridgehead atoms. The molecule has 0 spiro atoms. The molecule has 3 rings (SSSR count). The number of ether oxygens (including phenoxy) is 2. The van der Waals surface area contributed by atoms with Crippen molar-refractivity contribution in [3.63, 3.8) is 0 Å². The molecule has 0 aliphatic heterocycles. The van der Waals surface area contributed by atoms with Crippen molar-refractivity contribution in [2.45, 2.75) is 26.7 Å². The molecule has 5 nitrogen and oxygen atoms in total. The molecular weight excluding hydrogens is 374 g/mol. The maximum absolute atomic E-state index is 11.4. The smallest absolute Gasteiger partial charge is 0.347 e. The molecule has 0 atom stereocenters. The Hall–Kier alpha value is -2.86. The van der Waals surface area contributed by atoms with E-state index < -0.39 is 5.97 Å². The monoisotopic (exact) mass is 397 g/mol. The average molecular weight is 397 g/mol. The molecule has 0 saturated heterocycles. The number of aromatic nitrogens is 1. The molecule has 6 heteroatoms. The van der Waals surface area contributed by atoms with Gasteiger partial charge in [-0.3, -0.25) is 0 Å². The molecule has 0 fully saturated rings. The fourth-order valence-corrected chi connectivity index (χ4v) is 3.73. The second-order valence-corrected chi connectivity index (χ2v) is 7.17. The minimum absolute atomic E-state index is 0.298. The average Bonchev–Trinajstić information content (AvgIpc) is 3.17. The van der Waals surface area contributed by atoms with Gasteiger partial charge in [-0.1, -0.05) is 38.1 Å². The summed E-state index contributed by atoms with van der Waals surface area (Å²) in [6.45, 7) is 4.88. The van der Waals surface area contributed by atoms with E-state index in [0.29, 0.717) is 41.0 Å². The Balaban J connectivity index is 1.59. The van der Waals surface area contributed by atoms with Crippen molar-refractivity contribution in [3.05, 3.63) is 64.7 Å². The van der Waals surface area contributed by atoms with Gasteiger partial charge in [-0.15, -0.1) is 11.3 Å². The van der Waals surface area contributed by atoms with E-state index in [0.717, 1.165) is 17.7 Å². The predicted octanol–water partition coefficient (Wildman–Crippen LogP) is 5.09. The number of nitrogens with zero attached hydrogens (tertiary/aromatic N) is 1. The molecule has 0 aliphatic rings. The Bertz CT molecular complexity index is 934. The van der Waals surface area contributed by atoms with Crippen molar-refractivity contribution in [1.29, 1.82) is 0 Å². The fraction of sp³-hybridized carbons (Fsp3) is 0.273. The van der Waals surface area contributed by atoms with Crippen LogP contribution in [0.3, 0.4) is 0 Å². The normalized spacial score (nSPS) is 10.6. The highest BCUT2D eigenvalue weighted by Crippen LogP contribution is 2.30. The number of hydrogen-bond acceptors (Lipinski definition) is 5. The van der Waals surface area contributed by atoms with Gasteiger partial charge in [0.1, 0.15) is 34.6 Å². The lowest BCUT2D eigenvalue weighted by atomic mass is 10.2. The molecule has 0 amide bonds. The molecule has 0 saturated carbocycles. The van der Waals surface area contributed by atoms with Gasteiger partial charge in [0.2, 0.25) is 0 Å². The van der Waals surface area contributed by atoms with Crippen LogP contribution in [0, 0.1) is 0 Å². The first-order chi connectivity index (χ1) is 13.6. The first-order valence-electron chi connectivity index (χ1n) is 9.28. The van der Waals surface area contributed by atoms with Gasteiger partial charge in [0, 0.05) is 5.56 Å². The number of benzene rings is 2. The van der Waals surface area contributed by atoms with Crippen molar-refractivity contribution < 1.29 is 19.4 Å². The number of rotatable bonds is 9. The van der Waals surface area contributed by atoms with Crippen molar-refractivity contribution in [2.24, 2.45) is 0 Å². The Morgan fingerprint density at radius 3 is 2.32 bits per heavy atom. The van der Waals surface area contributed by atoms with Gasteiger partial charge < -0.3 is 14.6 Å². The van der Waals surface area contributed by atoms with Crippen LogP contribution >= 0.6 is 11.3 Å². The van der Waals surface area contributed by atoms with E-state index in [-0.39, 0.29) is 0 Å². The molecule has 146 valence electrons. The highest BCUT2D eigenvalue weighted by atomic mass is 32.1. The van der Waals surface area contributed by atoms with Gasteiger partial charge in [-0.05, 0) is 42.7 Å². The van der Waals surface area contributed by atoms with Crippen LogP contribution < -0.4 is 9.47 Å². The van der Waals surface area contributed by atoms with Crippen molar-refractivity contribution >= 4 is 17.3 Å². The molecule has 2 aromatic carbocycles. The second kappa shape index (κ2) is 9.37. The second-order valence-electron chi connectivity index (χ2n) is 6.18. The number of carboxylic acids is 1. The highest BCUT2D eigenvalue weighted by molar-refractivity contribution is 7.17. The van der Waals surface area contributed by atoms with Crippen LogP contribution in [0.1, 0.15) is 34.8 Å². The van der Waals surface area contributed by atoms with Crippen LogP contribution in [0.4, 0.5) is 0 Å². The number of carboxylic acid groups (broad SMARTS) is 1. The summed E-state index contributed by atoms with van der Waals surface area (Å²) < 4.78 is 11.5. The van der Waals surface area contributed by atoms with E-state index in [1.54, 1.807) is 0 Å². The standard InChI is InChI=1S/C22H23NO4S/c1-3-15-8-10-17(11-9-15)26-12-13-27-18-7-5-6-16(14-18)21-23-19(4-2)20(28-21)22(24)25/h5-11,14H,3-4,12-13H2,1-2H3,(H,24,25). The zero-order chi connectivity index (χ0) is 19.9. The number of carbonyl (C=O) groups is 1. The third-order valence-electron chi connectivity index (χ3n) is 4.26. The predicted molar refractivity (Wildman–Crippen MR) is 111 cm³/mol. The van der Waals surface area contributed by atoms with Gasteiger partial charge in [0.05, 0.1) is 5.69 Å². The largest absolute Gasteiger partial charge is 0.490 e.